The molecule has 0 heterocycles. The van der Waals surface area contributed by atoms with Crippen molar-refractivity contribution < 1.29 is 9.59 Å². The van der Waals surface area contributed by atoms with E-state index >= 15 is 0 Å². The van der Waals surface area contributed by atoms with Crippen molar-refractivity contribution in [3.8, 4) is 0 Å². The Hall–Kier alpha value is -2.59. The van der Waals surface area contributed by atoms with Gasteiger partial charge in [-0.1, -0.05) is 35.9 Å². The minimum absolute atomic E-state index is 0.223. The van der Waals surface area contributed by atoms with Crippen molar-refractivity contribution in [2.75, 3.05) is 0 Å². The summed E-state index contributed by atoms with van der Waals surface area (Å²) in [5, 5.41) is 3.39. The topological polar surface area (TPSA) is 72.2 Å². The monoisotopic (exact) mass is 314 g/mol. The molecule has 0 atom stereocenters. The number of hydrogen-bond donors (Lipinski definition) is 2. The van der Waals surface area contributed by atoms with Crippen LogP contribution < -0.4 is 11.1 Å². The van der Waals surface area contributed by atoms with Gasteiger partial charge in [-0.3, -0.25) is 9.59 Å². The first-order chi connectivity index (χ1) is 10.5. The van der Waals surface area contributed by atoms with Crippen molar-refractivity contribution in [1.82, 2.24) is 5.32 Å². The Labute approximate surface area is 133 Å². The predicted molar refractivity (Wildman–Crippen MR) is 87.3 cm³/mol. The number of nitrogens with two attached hydrogens (primary N) is 1. The first-order valence-corrected chi connectivity index (χ1v) is 7.02. The molecule has 0 aliphatic rings. The second-order valence-corrected chi connectivity index (χ2v) is 5.10. The molecule has 0 aliphatic heterocycles. The fraction of sp³-hybridized carbons (Fsp3) is 0.0588. The van der Waals surface area contributed by atoms with Crippen molar-refractivity contribution >= 4 is 29.5 Å². The first-order valence-electron chi connectivity index (χ1n) is 6.65. The number of amides is 2. The number of nitrogens with one attached hydrogen (secondary N) is 1. The molecule has 3 N–H and O–H groups in total. The van der Waals surface area contributed by atoms with Gasteiger partial charge in [-0.25, -0.2) is 0 Å². The summed E-state index contributed by atoms with van der Waals surface area (Å²) in [6.07, 6.45) is 3.15. The predicted octanol–water partition coefficient (Wildman–Crippen LogP) is 2.77. The molecule has 5 heteroatoms. The van der Waals surface area contributed by atoms with Gasteiger partial charge < -0.3 is 11.1 Å². The highest BCUT2D eigenvalue weighted by Gasteiger charge is 2.02. The third-order valence-electron chi connectivity index (χ3n) is 2.98. The Balaban J connectivity index is 1.91. The highest BCUT2D eigenvalue weighted by atomic mass is 35.5. The summed E-state index contributed by atoms with van der Waals surface area (Å²) in [6.45, 7) is 0.324. The molecule has 0 spiro atoms. The second-order valence-electron chi connectivity index (χ2n) is 4.67. The Morgan fingerprint density at radius 1 is 1.14 bits per heavy atom. The molecule has 2 amide bonds. The summed E-state index contributed by atoms with van der Waals surface area (Å²) in [4.78, 5) is 22.8. The maximum absolute atomic E-state index is 11.8. The zero-order valence-electron chi connectivity index (χ0n) is 11.8. The van der Waals surface area contributed by atoms with Gasteiger partial charge in [-0.15, -0.1) is 0 Å². The molecule has 0 bridgehead atoms. The van der Waals surface area contributed by atoms with E-state index in [1.807, 2.05) is 18.2 Å². The molecule has 0 saturated carbocycles. The summed E-state index contributed by atoms with van der Waals surface area (Å²) in [5.74, 6) is -0.713. The largest absolute Gasteiger partial charge is 0.366 e. The molecule has 112 valence electrons. The molecule has 4 nitrogen and oxygen atoms in total. The van der Waals surface area contributed by atoms with Crippen LogP contribution in [-0.2, 0) is 11.3 Å². The van der Waals surface area contributed by atoms with Crippen molar-refractivity contribution in [3.05, 3.63) is 76.3 Å². The lowest BCUT2D eigenvalue weighted by atomic mass is 10.1. The van der Waals surface area contributed by atoms with Gasteiger partial charge in [0.25, 0.3) is 0 Å². The minimum Gasteiger partial charge on any atom is -0.366 e. The van der Waals surface area contributed by atoms with Gasteiger partial charge in [-0.05, 0) is 41.5 Å². The second kappa shape index (κ2) is 7.43. The minimum atomic E-state index is -0.490. The van der Waals surface area contributed by atoms with E-state index in [0.29, 0.717) is 17.1 Å². The molecule has 22 heavy (non-hydrogen) atoms. The van der Waals surface area contributed by atoms with E-state index in [-0.39, 0.29) is 5.91 Å². The third-order valence-corrected chi connectivity index (χ3v) is 3.23. The SMILES string of the molecule is NC(=O)c1cccc(CNC(=O)/C=C/c2ccc(Cl)cc2)c1. The van der Waals surface area contributed by atoms with Gasteiger partial charge >= 0.3 is 0 Å². The summed E-state index contributed by atoms with van der Waals surface area (Å²) in [7, 11) is 0. The molecule has 2 aromatic rings. The highest BCUT2D eigenvalue weighted by Crippen LogP contribution is 2.10. The van der Waals surface area contributed by atoms with Gasteiger partial charge in [-0.2, -0.15) is 0 Å². The fourth-order valence-corrected chi connectivity index (χ4v) is 1.95. The van der Waals surface area contributed by atoms with E-state index in [1.54, 1.807) is 36.4 Å². The normalized spacial score (nSPS) is 10.6. The van der Waals surface area contributed by atoms with Gasteiger partial charge in [0, 0.05) is 23.2 Å². The number of halogens is 1. The maximum Gasteiger partial charge on any atom is 0.248 e. The van der Waals surface area contributed by atoms with Crippen LogP contribution in [0.25, 0.3) is 6.08 Å². The summed E-state index contributed by atoms with van der Waals surface area (Å²) in [5.41, 5.74) is 7.33. The number of primary amides is 1. The first kappa shape index (κ1) is 15.8. The van der Waals surface area contributed by atoms with Gasteiger partial charge in [0.15, 0.2) is 0 Å². The Morgan fingerprint density at radius 2 is 1.86 bits per heavy atom. The van der Waals surface area contributed by atoms with Crippen LogP contribution in [0.1, 0.15) is 21.5 Å². The molecule has 0 aliphatic carbocycles. The van der Waals surface area contributed by atoms with E-state index in [1.165, 1.54) is 6.08 Å². The standard InChI is InChI=1S/C17H15ClN2O2/c18-15-7-4-12(5-8-15)6-9-16(21)20-11-13-2-1-3-14(10-13)17(19)22/h1-10H,11H2,(H2,19,22)(H,20,21)/b9-6+. The maximum atomic E-state index is 11.8. The number of benzene rings is 2. The van der Waals surface area contributed by atoms with Gasteiger partial charge in [0.1, 0.15) is 0 Å². The van der Waals surface area contributed by atoms with Crippen LogP contribution >= 0.6 is 11.6 Å². The van der Waals surface area contributed by atoms with Crippen molar-refractivity contribution in [3.63, 3.8) is 0 Å². The van der Waals surface area contributed by atoms with Crippen LogP contribution in [0.15, 0.2) is 54.6 Å². The number of hydrogen-bond acceptors (Lipinski definition) is 2. The molecule has 2 aromatic carbocycles. The van der Waals surface area contributed by atoms with Crippen LogP contribution in [0.5, 0.6) is 0 Å². The van der Waals surface area contributed by atoms with Gasteiger partial charge in [0.05, 0.1) is 0 Å². The zero-order valence-corrected chi connectivity index (χ0v) is 12.5. The summed E-state index contributed by atoms with van der Waals surface area (Å²) < 4.78 is 0. The Kier molecular flexibility index (Phi) is 5.33. The van der Waals surface area contributed by atoms with E-state index in [2.05, 4.69) is 5.32 Å². The third kappa shape index (κ3) is 4.75. The van der Waals surface area contributed by atoms with Crippen molar-refractivity contribution in [2.24, 2.45) is 5.73 Å². The van der Waals surface area contributed by atoms with Crippen molar-refractivity contribution in [1.29, 1.82) is 0 Å². The lowest BCUT2D eigenvalue weighted by Gasteiger charge is -2.04. The smallest absolute Gasteiger partial charge is 0.248 e. The van der Waals surface area contributed by atoms with Crippen LogP contribution in [0.3, 0.4) is 0 Å². The van der Waals surface area contributed by atoms with Crippen molar-refractivity contribution in [2.45, 2.75) is 6.54 Å². The fourth-order valence-electron chi connectivity index (χ4n) is 1.83. The molecule has 0 unspecified atom stereocenters. The average Bonchev–Trinajstić information content (AvgIpc) is 2.52. The Morgan fingerprint density at radius 3 is 2.55 bits per heavy atom. The summed E-state index contributed by atoms with van der Waals surface area (Å²) >= 11 is 5.79. The van der Waals surface area contributed by atoms with E-state index in [0.717, 1.165) is 11.1 Å². The average molecular weight is 315 g/mol. The lowest BCUT2D eigenvalue weighted by Crippen LogP contribution is -2.20. The highest BCUT2D eigenvalue weighted by molar-refractivity contribution is 6.30. The van der Waals surface area contributed by atoms with Crippen LogP contribution in [0.4, 0.5) is 0 Å². The molecule has 0 radical (unpaired) electrons. The number of carbonyl (C=O) groups excluding carboxylic acids is 2. The molecule has 0 aromatic heterocycles. The molecule has 0 fully saturated rings. The van der Waals surface area contributed by atoms with E-state index in [9.17, 15) is 9.59 Å². The lowest BCUT2D eigenvalue weighted by molar-refractivity contribution is -0.116. The molecular formula is C17H15ClN2O2. The zero-order chi connectivity index (χ0) is 15.9. The van der Waals surface area contributed by atoms with Crippen LogP contribution in [0.2, 0.25) is 5.02 Å². The summed E-state index contributed by atoms with van der Waals surface area (Å²) in [6, 6.07) is 14.0. The molecular weight excluding hydrogens is 300 g/mol. The van der Waals surface area contributed by atoms with E-state index < -0.39 is 5.91 Å². The van der Waals surface area contributed by atoms with Crippen LogP contribution in [0, 0.1) is 0 Å². The number of rotatable bonds is 5. The number of carbonyl (C=O) groups is 2. The quantitative estimate of drug-likeness (QED) is 0.833. The Bertz CT molecular complexity index is 709. The van der Waals surface area contributed by atoms with Gasteiger partial charge in [0.2, 0.25) is 11.8 Å². The molecule has 2 rings (SSSR count). The van der Waals surface area contributed by atoms with Crippen LogP contribution in [-0.4, -0.2) is 11.8 Å². The van der Waals surface area contributed by atoms with E-state index in [4.69, 9.17) is 17.3 Å². The molecule has 0 saturated heterocycles.